The van der Waals surface area contributed by atoms with Crippen LogP contribution in [0, 0.1) is 11.8 Å². The van der Waals surface area contributed by atoms with Gasteiger partial charge in [-0.25, -0.2) is 0 Å². The molecule has 2 N–H and O–H groups in total. The van der Waals surface area contributed by atoms with Gasteiger partial charge in [0.25, 0.3) is 0 Å². The molecule has 0 aromatic heterocycles. The van der Waals surface area contributed by atoms with E-state index in [9.17, 15) is 0 Å². The van der Waals surface area contributed by atoms with Crippen LogP contribution in [0.15, 0.2) is 12.1 Å². The van der Waals surface area contributed by atoms with Crippen molar-refractivity contribution in [1.29, 1.82) is 0 Å². The van der Waals surface area contributed by atoms with Crippen molar-refractivity contribution >= 4 is 11.6 Å². The van der Waals surface area contributed by atoms with Crippen molar-refractivity contribution in [2.75, 3.05) is 19.7 Å². The Labute approximate surface area is 131 Å². The molecule has 1 aromatic rings. The second kappa shape index (κ2) is 5.45. The molecule has 4 heteroatoms. The highest BCUT2D eigenvalue weighted by atomic mass is 35.5. The Morgan fingerprint density at radius 1 is 1.29 bits per heavy atom. The van der Waals surface area contributed by atoms with E-state index in [0.29, 0.717) is 12.0 Å². The maximum absolute atomic E-state index is 6.32. The minimum Gasteiger partial charge on any atom is -0.493 e. The first-order chi connectivity index (χ1) is 10.2. The van der Waals surface area contributed by atoms with Crippen molar-refractivity contribution in [3.63, 3.8) is 0 Å². The Balaban J connectivity index is 1.52. The van der Waals surface area contributed by atoms with Gasteiger partial charge in [0.15, 0.2) is 0 Å². The molecule has 21 heavy (non-hydrogen) atoms. The van der Waals surface area contributed by atoms with E-state index < -0.39 is 0 Å². The lowest BCUT2D eigenvalue weighted by Gasteiger charge is -2.29. The Hall–Kier alpha value is -0.770. The molecule has 0 amide bonds. The predicted octanol–water partition coefficient (Wildman–Crippen LogP) is 2.83. The molecule has 2 heterocycles. The standard InChI is InChI=1S/C17H23ClN2O/c18-14-6-11-4-5-21-17(11)13(7-14)9-20-8-12-2-1-3-16(19)15(12)10-20/h6-7,12,15-16H,1-5,8-10,19H2. The average Bonchev–Trinajstić information content (AvgIpc) is 3.05. The molecular formula is C17H23ClN2O. The SMILES string of the molecule is NC1CCCC2CN(Cc3cc(Cl)cc4c3OCC4)CC12. The first kappa shape index (κ1) is 13.9. The van der Waals surface area contributed by atoms with Crippen LogP contribution in [0.2, 0.25) is 5.02 Å². The highest BCUT2D eigenvalue weighted by Gasteiger charge is 2.38. The fourth-order valence-electron chi connectivity index (χ4n) is 4.44. The lowest BCUT2D eigenvalue weighted by Crippen LogP contribution is -2.38. The van der Waals surface area contributed by atoms with Crippen LogP contribution in [0.25, 0.3) is 0 Å². The number of benzene rings is 1. The van der Waals surface area contributed by atoms with Crippen LogP contribution in [-0.4, -0.2) is 30.6 Å². The van der Waals surface area contributed by atoms with Gasteiger partial charge in [-0.2, -0.15) is 0 Å². The molecule has 1 aliphatic carbocycles. The van der Waals surface area contributed by atoms with Gasteiger partial charge in [0, 0.05) is 42.7 Å². The summed E-state index contributed by atoms with van der Waals surface area (Å²) in [6.07, 6.45) is 4.83. The summed E-state index contributed by atoms with van der Waals surface area (Å²) in [5, 5.41) is 0.836. The van der Waals surface area contributed by atoms with Gasteiger partial charge < -0.3 is 10.5 Å². The van der Waals surface area contributed by atoms with E-state index in [2.05, 4.69) is 11.0 Å². The van der Waals surface area contributed by atoms with Gasteiger partial charge in [0.2, 0.25) is 0 Å². The van der Waals surface area contributed by atoms with E-state index in [-0.39, 0.29) is 0 Å². The van der Waals surface area contributed by atoms with Gasteiger partial charge in [-0.3, -0.25) is 4.90 Å². The number of halogens is 1. The van der Waals surface area contributed by atoms with Gasteiger partial charge in [-0.1, -0.05) is 18.0 Å². The summed E-state index contributed by atoms with van der Waals surface area (Å²) in [6.45, 7) is 4.05. The Kier molecular flexibility index (Phi) is 3.60. The van der Waals surface area contributed by atoms with E-state index in [1.807, 2.05) is 6.07 Å². The zero-order valence-electron chi connectivity index (χ0n) is 12.4. The first-order valence-electron chi connectivity index (χ1n) is 8.13. The van der Waals surface area contributed by atoms with E-state index in [1.165, 1.54) is 36.9 Å². The predicted molar refractivity (Wildman–Crippen MR) is 84.7 cm³/mol. The van der Waals surface area contributed by atoms with Crippen molar-refractivity contribution < 1.29 is 4.74 Å². The smallest absolute Gasteiger partial charge is 0.127 e. The molecule has 1 aromatic carbocycles. The van der Waals surface area contributed by atoms with Crippen molar-refractivity contribution in [3.8, 4) is 5.75 Å². The molecule has 3 atom stereocenters. The summed E-state index contributed by atoms with van der Waals surface area (Å²) in [5.74, 6) is 2.56. The van der Waals surface area contributed by atoms with Gasteiger partial charge in [0.1, 0.15) is 5.75 Å². The molecule has 0 bridgehead atoms. The van der Waals surface area contributed by atoms with Crippen molar-refractivity contribution in [2.24, 2.45) is 17.6 Å². The summed E-state index contributed by atoms with van der Waals surface area (Å²) < 4.78 is 5.82. The number of hydrogen-bond acceptors (Lipinski definition) is 3. The number of ether oxygens (including phenoxy) is 1. The van der Waals surface area contributed by atoms with E-state index in [0.717, 1.165) is 42.8 Å². The van der Waals surface area contributed by atoms with Crippen molar-refractivity contribution in [2.45, 2.75) is 38.3 Å². The maximum Gasteiger partial charge on any atom is 0.127 e. The molecule has 1 saturated carbocycles. The van der Waals surface area contributed by atoms with Gasteiger partial charge in [-0.05, 0) is 42.4 Å². The van der Waals surface area contributed by atoms with E-state index in [4.69, 9.17) is 22.1 Å². The number of likely N-dealkylation sites (tertiary alicyclic amines) is 1. The summed E-state index contributed by atoms with van der Waals surface area (Å²) in [5.41, 5.74) is 8.84. The van der Waals surface area contributed by atoms with E-state index >= 15 is 0 Å². The molecule has 2 fully saturated rings. The second-order valence-corrected chi connectivity index (χ2v) is 7.30. The first-order valence-corrected chi connectivity index (χ1v) is 8.50. The number of hydrogen-bond donors (Lipinski definition) is 1. The molecule has 114 valence electrons. The monoisotopic (exact) mass is 306 g/mol. The summed E-state index contributed by atoms with van der Waals surface area (Å²) in [4.78, 5) is 2.55. The molecule has 3 unspecified atom stereocenters. The summed E-state index contributed by atoms with van der Waals surface area (Å²) in [7, 11) is 0. The van der Waals surface area contributed by atoms with Crippen molar-refractivity contribution in [3.05, 3.63) is 28.3 Å². The summed E-state index contributed by atoms with van der Waals surface area (Å²) in [6, 6.07) is 4.52. The van der Waals surface area contributed by atoms with Crippen LogP contribution >= 0.6 is 11.6 Å². The molecule has 1 saturated heterocycles. The van der Waals surface area contributed by atoms with Crippen LogP contribution in [0.4, 0.5) is 0 Å². The molecule has 3 nitrogen and oxygen atoms in total. The van der Waals surface area contributed by atoms with Gasteiger partial charge in [-0.15, -0.1) is 0 Å². The maximum atomic E-state index is 6.32. The van der Waals surface area contributed by atoms with Gasteiger partial charge in [0.05, 0.1) is 6.61 Å². The zero-order chi connectivity index (χ0) is 14.4. The van der Waals surface area contributed by atoms with Crippen LogP contribution in [0.1, 0.15) is 30.4 Å². The molecule has 0 spiro atoms. The Bertz CT molecular complexity index is 548. The quantitative estimate of drug-likeness (QED) is 0.913. The fourth-order valence-corrected chi connectivity index (χ4v) is 4.71. The topological polar surface area (TPSA) is 38.5 Å². The normalized spacial score (nSPS) is 31.8. The Morgan fingerprint density at radius 2 is 2.19 bits per heavy atom. The lowest BCUT2D eigenvalue weighted by molar-refractivity contribution is 0.259. The summed E-state index contributed by atoms with van der Waals surface area (Å²) >= 11 is 6.26. The molecule has 2 aliphatic heterocycles. The lowest BCUT2D eigenvalue weighted by atomic mass is 9.78. The number of nitrogens with two attached hydrogens (primary N) is 1. The van der Waals surface area contributed by atoms with Crippen molar-refractivity contribution in [1.82, 2.24) is 4.90 Å². The average molecular weight is 307 g/mol. The number of nitrogens with zero attached hydrogens (tertiary/aromatic N) is 1. The highest BCUT2D eigenvalue weighted by molar-refractivity contribution is 6.30. The minimum atomic E-state index is 0.398. The van der Waals surface area contributed by atoms with E-state index in [1.54, 1.807) is 0 Å². The van der Waals surface area contributed by atoms with Crippen LogP contribution in [0.3, 0.4) is 0 Å². The van der Waals surface area contributed by atoms with Crippen LogP contribution in [0.5, 0.6) is 5.75 Å². The third kappa shape index (κ3) is 2.56. The third-order valence-corrected chi connectivity index (χ3v) is 5.67. The number of fused-ring (bicyclic) bond motifs is 2. The van der Waals surface area contributed by atoms with Gasteiger partial charge >= 0.3 is 0 Å². The molecular weight excluding hydrogens is 284 g/mol. The fraction of sp³-hybridized carbons (Fsp3) is 0.647. The molecule has 4 rings (SSSR count). The molecule has 0 radical (unpaired) electrons. The third-order valence-electron chi connectivity index (χ3n) is 5.45. The second-order valence-electron chi connectivity index (χ2n) is 6.86. The number of rotatable bonds is 2. The Morgan fingerprint density at radius 3 is 3.05 bits per heavy atom. The zero-order valence-corrected chi connectivity index (χ0v) is 13.1. The molecule has 3 aliphatic rings. The highest BCUT2D eigenvalue weighted by Crippen LogP contribution is 2.38. The minimum absolute atomic E-state index is 0.398. The van der Waals surface area contributed by atoms with Crippen LogP contribution < -0.4 is 10.5 Å². The largest absolute Gasteiger partial charge is 0.493 e. The van der Waals surface area contributed by atoms with Crippen LogP contribution in [-0.2, 0) is 13.0 Å².